The van der Waals surface area contributed by atoms with Crippen molar-refractivity contribution in [1.29, 1.82) is 0 Å². The average molecular weight is 516 g/mol. The molecule has 0 heterocycles. The van der Waals surface area contributed by atoms with E-state index in [0.717, 1.165) is 0 Å². The fourth-order valence-corrected chi connectivity index (χ4v) is 5.04. The molecule has 176 valence electrons. The van der Waals surface area contributed by atoms with Crippen molar-refractivity contribution in [3.63, 3.8) is 0 Å². The molecule has 0 aromatic heterocycles. The molecule has 0 fully saturated rings. The van der Waals surface area contributed by atoms with Crippen LogP contribution in [0.3, 0.4) is 0 Å². The van der Waals surface area contributed by atoms with Gasteiger partial charge in [-0.2, -0.15) is 0 Å². The highest BCUT2D eigenvalue weighted by molar-refractivity contribution is 6.68. The van der Waals surface area contributed by atoms with E-state index in [9.17, 15) is 0 Å². The lowest BCUT2D eigenvalue weighted by atomic mass is 9.86. The van der Waals surface area contributed by atoms with Gasteiger partial charge in [0.25, 0.3) is 0 Å². The Balaban J connectivity index is 1.75. The van der Waals surface area contributed by atoms with Crippen molar-refractivity contribution < 1.29 is 14.2 Å². The third-order valence-electron chi connectivity index (χ3n) is 5.96. The molecule has 0 aliphatic heterocycles. The lowest BCUT2D eigenvalue weighted by molar-refractivity contribution is -0.0142. The number of hydrogen-bond acceptors (Lipinski definition) is 3. The van der Waals surface area contributed by atoms with Gasteiger partial charge in [-0.15, -0.1) is 0 Å². The van der Waals surface area contributed by atoms with E-state index >= 15 is 0 Å². The van der Waals surface area contributed by atoms with Crippen LogP contribution in [0.4, 0.5) is 0 Å². The zero-order valence-electron chi connectivity index (χ0n) is 18.9. The normalized spacial score (nSPS) is 12.0. The van der Waals surface area contributed by atoms with Crippen molar-refractivity contribution in [2.75, 3.05) is 20.8 Å². The third-order valence-corrected chi connectivity index (χ3v) is 6.76. The zero-order valence-corrected chi connectivity index (χ0v) is 21.2. The van der Waals surface area contributed by atoms with Crippen LogP contribution in [0, 0.1) is 0 Å². The standard InChI is InChI=1S/C28H25Cl3O3/c1-32-24-14-10-22(11-15-24)27(28(29,30)31,23-12-16-25(33-2)17-13-23)34-19-18-21-8-5-7-20-6-3-4-9-26(20)21/h3-17H,18-19H2,1-2H3. The van der Waals surface area contributed by atoms with Crippen LogP contribution in [-0.4, -0.2) is 24.6 Å². The first-order valence-electron chi connectivity index (χ1n) is 10.9. The molecular weight excluding hydrogens is 491 g/mol. The average Bonchev–Trinajstić information content (AvgIpc) is 2.86. The predicted molar refractivity (Wildman–Crippen MR) is 141 cm³/mol. The van der Waals surface area contributed by atoms with Gasteiger partial charge in [-0.3, -0.25) is 0 Å². The summed E-state index contributed by atoms with van der Waals surface area (Å²) in [5.74, 6) is 1.40. The molecule has 3 nitrogen and oxygen atoms in total. The van der Waals surface area contributed by atoms with Gasteiger partial charge < -0.3 is 14.2 Å². The summed E-state index contributed by atoms with van der Waals surface area (Å²) < 4.78 is 15.4. The number of ether oxygens (including phenoxy) is 3. The minimum absolute atomic E-state index is 0.333. The molecule has 0 radical (unpaired) electrons. The second-order valence-corrected chi connectivity index (χ2v) is 10.2. The van der Waals surface area contributed by atoms with Gasteiger partial charge in [-0.05, 0) is 58.1 Å². The van der Waals surface area contributed by atoms with E-state index in [1.54, 1.807) is 14.2 Å². The van der Waals surface area contributed by atoms with Crippen LogP contribution in [0.25, 0.3) is 10.8 Å². The topological polar surface area (TPSA) is 27.7 Å². The maximum Gasteiger partial charge on any atom is 0.227 e. The third kappa shape index (κ3) is 4.85. The van der Waals surface area contributed by atoms with Crippen molar-refractivity contribution >= 4 is 45.6 Å². The van der Waals surface area contributed by atoms with Gasteiger partial charge in [-0.25, -0.2) is 0 Å². The van der Waals surface area contributed by atoms with Gasteiger partial charge in [-0.1, -0.05) is 102 Å². The lowest BCUT2D eigenvalue weighted by Gasteiger charge is -2.40. The van der Waals surface area contributed by atoms with Crippen LogP contribution in [-0.2, 0) is 16.8 Å². The number of fused-ring (bicyclic) bond motifs is 1. The first kappa shape index (κ1) is 24.7. The molecule has 0 unspecified atom stereocenters. The summed E-state index contributed by atoms with van der Waals surface area (Å²) in [5, 5.41) is 2.36. The van der Waals surface area contributed by atoms with Gasteiger partial charge in [0.2, 0.25) is 3.79 Å². The number of alkyl halides is 3. The number of benzene rings is 4. The molecule has 4 rings (SSSR count). The summed E-state index contributed by atoms with van der Waals surface area (Å²) in [6.07, 6.45) is 0.649. The molecular formula is C28H25Cl3O3. The Labute approximate surface area is 215 Å². The van der Waals surface area contributed by atoms with E-state index in [-0.39, 0.29) is 0 Å². The van der Waals surface area contributed by atoms with E-state index in [1.807, 2.05) is 66.7 Å². The second kappa shape index (κ2) is 10.5. The van der Waals surface area contributed by atoms with E-state index in [0.29, 0.717) is 35.7 Å². The molecule has 0 N–H and O–H groups in total. The smallest absolute Gasteiger partial charge is 0.227 e. The monoisotopic (exact) mass is 514 g/mol. The Morgan fingerprint density at radius 2 is 1.18 bits per heavy atom. The first-order chi connectivity index (χ1) is 16.4. The minimum atomic E-state index is -1.81. The van der Waals surface area contributed by atoms with Crippen molar-refractivity contribution in [2.24, 2.45) is 0 Å². The van der Waals surface area contributed by atoms with Crippen LogP contribution in [0.1, 0.15) is 16.7 Å². The second-order valence-electron chi connectivity index (χ2n) is 7.87. The van der Waals surface area contributed by atoms with Gasteiger partial charge in [0.15, 0.2) is 5.60 Å². The van der Waals surface area contributed by atoms with Crippen LogP contribution in [0.5, 0.6) is 11.5 Å². The molecule has 0 saturated heterocycles. The van der Waals surface area contributed by atoms with Gasteiger partial charge in [0.1, 0.15) is 11.5 Å². The maximum atomic E-state index is 6.69. The fourth-order valence-electron chi connectivity index (χ4n) is 4.22. The number of rotatable bonds is 8. The largest absolute Gasteiger partial charge is 0.497 e. The quantitative estimate of drug-likeness (QED) is 0.225. The van der Waals surface area contributed by atoms with E-state index < -0.39 is 9.39 Å². The molecule has 34 heavy (non-hydrogen) atoms. The Hall–Kier alpha value is -2.43. The molecule has 4 aromatic carbocycles. The molecule has 0 aliphatic carbocycles. The van der Waals surface area contributed by atoms with E-state index in [4.69, 9.17) is 49.0 Å². The van der Waals surface area contributed by atoms with E-state index in [1.165, 1.54) is 16.3 Å². The Bertz CT molecular complexity index is 1180. The highest BCUT2D eigenvalue weighted by atomic mass is 35.6. The Kier molecular flexibility index (Phi) is 7.59. The summed E-state index contributed by atoms with van der Waals surface area (Å²) in [4.78, 5) is 0. The number of hydrogen-bond donors (Lipinski definition) is 0. The first-order valence-corrected chi connectivity index (χ1v) is 12.0. The zero-order chi connectivity index (χ0) is 24.2. The molecule has 4 aromatic rings. The molecule has 6 heteroatoms. The van der Waals surface area contributed by atoms with E-state index in [2.05, 4.69) is 24.3 Å². The fraction of sp³-hybridized carbons (Fsp3) is 0.214. The summed E-state index contributed by atoms with van der Waals surface area (Å²) in [6.45, 7) is 0.333. The minimum Gasteiger partial charge on any atom is -0.497 e. The molecule has 0 bridgehead atoms. The maximum absolute atomic E-state index is 6.69. The molecule has 0 saturated carbocycles. The van der Waals surface area contributed by atoms with Crippen LogP contribution in [0.2, 0.25) is 0 Å². The molecule has 0 aliphatic rings. The molecule has 0 atom stereocenters. The SMILES string of the molecule is COc1ccc(C(OCCc2cccc3ccccc23)(c2ccc(OC)cc2)C(Cl)(Cl)Cl)cc1. The Morgan fingerprint density at radius 3 is 1.71 bits per heavy atom. The van der Waals surface area contributed by atoms with Gasteiger partial charge >= 0.3 is 0 Å². The van der Waals surface area contributed by atoms with Crippen LogP contribution < -0.4 is 9.47 Å². The summed E-state index contributed by atoms with van der Waals surface area (Å²) >= 11 is 20.1. The predicted octanol–water partition coefficient (Wildman–Crippen LogP) is 7.73. The number of halogens is 3. The van der Waals surface area contributed by atoms with Gasteiger partial charge in [0.05, 0.1) is 20.8 Å². The van der Waals surface area contributed by atoms with Gasteiger partial charge in [0, 0.05) is 0 Å². The van der Waals surface area contributed by atoms with Crippen molar-refractivity contribution in [3.8, 4) is 11.5 Å². The highest BCUT2D eigenvalue weighted by Gasteiger charge is 2.52. The Morgan fingerprint density at radius 1 is 0.647 bits per heavy atom. The van der Waals surface area contributed by atoms with Crippen LogP contribution in [0.15, 0.2) is 91.0 Å². The lowest BCUT2D eigenvalue weighted by Crippen LogP contribution is -2.44. The summed E-state index contributed by atoms with van der Waals surface area (Å²) in [6, 6.07) is 29.3. The highest BCUT2D eigenvalue weighted by Crippen LogP contribution is 2.52. The van der Waals surface area contributed by atoms with Crippen molar-refractivity contribution in [2.45, 2.75) is 15.8 Å². The summed E-state index contributed by atoms with van der Waals surface area (Å²) in [5.41, 5.74) is 1.22. The van der Waals surface area contributed by atoms with Crippen molar-refractivity contribution in [3.05, 3.63) is 108 Å². The molecule has 0 spiro atoms. The van der Waals surface area contributed by atoms with Crippen molar-refractivity contribution in [1.82, 2.24) is 0 Å². The summed E-state index contributed by atoms with van der Waals surface area (Å²) in [7, 11) is 3.22. The van der Waals surface area contributed by atoms with Crippen LogP contribution >= 0.6 is 34.8 Å². The molecule has 0 amide bonds. The number of methoxy groups -OCH3 is 2.